The standard InChI is InChI=1S/C15H24N2S/c1-11(7-13-5-6-18-10-13)16-14-8-12(2)17(9-14)15-3-4-15/h5-6,10-12,14-16H,3-4,7-9H2,1-2H3. The van der Waals surface area contributed by atoms with Gasteiger partial charge < -0.3 is 5.32 Å². The molecule has 2 heterocycles. The van der Waals surface area contributed by atoms with Gasteiger partial charge in [-0.25, -0.2) is 0 Å². The molecule has 1 saturated heterocycles. The molecule has 0 radical (unpaired) electrons. The zero-order chi connectivity index (χ0) is 12.5. The Hall–Kier alpha value is -0.380. The van der Waals surface area contributed by atoms with Crippen molar-refractivity contribution in [1.29, 1.82) is 0 Å². The number of thiophene rings is 1. The van der Waals surface area contributed by atoms with Crippen LogP contribution >= 0.6 is 11.3 Å². The lowest BCUT2D eigenvalue weighted by molar-refractivity contribution is 0.254. The van der Waals surface area contributed by atoms with Gasteiger partial charge in [-0.2, -0.15) is 11.3 Å². The second kappa shape index (κ2) is 5.32. The van der Waals surface area contributed by atoms with Crippen LogP contribution in [-0.4, -0.2) is 35.6 Å². The highest BCUT2D eigenvalue weighted by atomic mass is 32.1. The number of rotatable bonds is 5. The van der Waals surface area contributed by atoms with Crippen LogP contribution in [0.5, 0.6) is 0 Å². The first-order chi connectivity index (χ1) is 8.72. The molecule has 0 aromatic carbocycles. The Labute approximate surface area is 114 Å². The summed E-state index contributed by atoms with van der Waals surface area (Å²) in [4.78, 5) is 2.72. The van der Waals surface area contributed by atoms with Gasteiger partial charge in [0, 0.05) is 30.7 Å². The minimum Gasteiger partial charge on any atom is -0.310 e. The van der Waals surface area contributed by atoms with E-state index in [9.17, 15) is 0 Å². The van der Waals surface area contributed by atoms with Crippen molar-refractivity contribution >= 4 is 11.3 Å². The molecule has 1 aliphatic heterocycles. The van der Waals surface area contributed by atoms with Gasteiger partial charge in [-0.15, -0.1) is 0 Å². The Morgan fingerprint density at radius 2 is 2.33 bits per heavy atom. The van der Waals surface area contributed by atoms with Gasteiger partial charge in [0.2, 0.25) is 0 Å². The number of nitrogens with one attached hydrogen (secondary N) is 1. The summed E-state index contributed by atoms with van der Waals surface area (Å²) in [5.41, 5.74) is 1.48. The molecule has 3 atom stereocenters. The second-order valence-corrected chi connectivity index (χ2v) is 6.89. The molecule has 1 saturated carbocycles. The lowest BCUT2D eigenvalue weighted by Gasteiger charge is -2.21. The van der Waals surface area contributed by atoms with Gasteiger partial charge in [-0.05, 0) is 61.9 Å². The summed E-state index contributed by atoms with van der Waals surface area (Å²) in [5, 5.41) is 8.27. The van der Waals surface area contributed by atoms with Gasteiger partial charge in [0.25, 0.3) is 0 Å². The van der Waals surface area contributed by atoms with Crippen LogP contribution in [-0.2, 0) is 6.42 Å². The van der Waals surface area contributed by atoms with Crippen molar-refractivity contribution in [3.63, 3.8) is 0 Å². The van der Waals surface area contributed by atoms with Crippen molar-refractivity contribution < 1.29 is 0 Å². The lowest BCUT2D eigenvalue weighted by atomic mass is 10.1. The second-order valence-electron chi connectivity index (χ2n) is 6.11. The number of hydrogen-bond acceptors (Lipinski definition) is 3. The minimum atomic E-state index is 0.593. The van der Waals surface area contributed by atoms with Crippen molar-refractivity contribution in [1.82, 2.24) is 10.2 Å². The van der Waals surface area contributed by atoms with Gasteiger partial charge >= 0.3 is 0 Å². The maximum Gasteiger partial charge on any atom is 0.0212 e. The van der Waals surface area contributed by atoms with Gasteiger partial charge in [0.05, 0.1) is 0 Å². The van der Waals surface area contributed by atoms with E-state index < -0.39 is 0 Å². The number of likely N-dealkylation sites (tertiary alicyclic amines) is 1. The first kappa shape index (κ1) is 12.6. The van der Waals surface area contributed by atoms with Crippen LogP contribution in [0.2, 0.25) is 0 Å². The highest BCUT2D eigenvalue weighted by Crippen LogP contribution is 2.33. The predicted molar refractivity (Wildman–Crippen MR) is 78.2 cm³/mol. The summed E-state index contributed by atoms with van der Waals surface area (Å²) in [6.45, 7) is 5.98. The Morgan fingerprint density at radius 1 is 1.50 bits per heavy atom. The molecule has 2 aliphatic rings. The largest absolute Gasteiger partial charge is 0.310 e. The van der Waals surface area contributed by atoms with Crippen LogP contribution in [0.25, 0.3) is 0 Å². The van der Waals surface area contributed by atoms with Crippen molar-refractivity contribution in [3.8, 4) is 0 Å². The molecule has 3 rings (SSSR count). The SMILES string of the molecule is CC(Cc1ccsc1)NC1CC(C)N(C2CC2)C1. The van der Waals surface area contributed by atoms with E-state index in [-0.39, 0.29) is 0 Å². The van der Waals surface area contributed by atoms with E-state index in [0.29, 0.717) is 12.1 Å². The molecular weight excluding hydrogens is 240 g/mol. The van der Waals surface area contributed by atoms with Crippen LogP contribution in [0.3, 0.4) is 0 Å². The molecular formula is C15H24N2S. The fraction of sp³-hybridized carbons (Fsp3) is 0.733. The van der Waals surface area contributed by atoms with E-state index in [2.05, 4.69) is 40.9 Å². The average Bonchev–Trinajstić information content (AvgIpc) is 2.92. The van der Waals surface area contributed by atoms with E-state index in [1.54, 1.807) is 11.3 Å². The summed E-state index contributed by atoms with van der Waals surface area (Å²) in [6.07, 6.45) is 5.35. The molecule has 3 unspecified atom stereocenters. The average molecular weight is 264 g/mol. The Kier molecular flexibility index (Phi) is 3.73. The normalized spacial score (nSPS) is 30.8. The van der Waals surface area contributed by atoms with Crippen LogP contribution in [0.4, 0.5) is 0 Å². The van der Waals surface area contributed by atoms with Crippen LogP contribution in [0.15, 0.2) is 16.8 Å². The summed E-state index contributed by atoms with van der Waals surface area (Å²) < 4.78 is 0. The maximum atomic E-state index is 3.82. The Balaban J connectivity index is 1.48. The molecule has 2 nitrogen and oxygen atoms in total. The van der Waals surface area contributed by atoms with Gasteiger partial charge in [0.15, 0.2) is 0 Å². The molecule has 0 bridgehead atoms. The minimum absolute atomic E-state index is 0.593. The summed E-state index contributed by atoms with van der Waals surface area (Å²) in [5.74, 6) is 0. The first-order valence-corrected chi connectivity index (χ1v) is 8.19. The topological polar surface area (TPSA) is 15.3 Å². The molecule has 1 N–H and O–H groups in total. The Morgan fingerprint density at radius 3 is 3.00 bits per heavy atom. The fourth-order valence-corrected chi connectivity index (χ4v) is 4.00. The molecule has 1 aromatic heterocycles. The van der Waals surface area contributed by atoms with E-state index in [0.717, 1.165) is 18.5 Å². The summed E-state index contributed by atoms with van der Waals surface area (Å²) in [7, 11) is 0. The predicted octanol–water partition coefficient (Wildman–Crippen LogP) is 2.89. The van der Waals surface area contributed by atoms with Crippen molar-refractivity contribution in [2.75, 3.05) is 6.54 Å². The molecule has 2 fully saturated rings. The molecule has 0 spiro atoms. The highest BCUT2D eigenvalue weighted by molar-refractivity contribution is 7.07. The number of nitrogens with zero attached hydrogens (tertiary/aromatic N) is 1. The van der Waals surface area contributed by atoms with Crippen LogP contribution in [0, 0.1) is 0 Å². The van der Waals surface area contributed by atoms with Crippen molar-refractivity contribution in [2.45, 2.75) is 63.7 Å². The van der Waals surface area contributed by atoms with Gasteiger partial charge in [0.1, 0.15) is 0 Å². The molecule has 1 aliphatic carbocycles. The van der Waals surface area contributed by atoms with E-state index in [4.69, 9.17) is 0 Å². The van der Waals surface area contributed by atoms with E-state index in [1.807, 2.05) is 0 Å². The summed E-state index contributed by atoms with van der Waals surface area (Å²) >= 11 is 1.80. The van der Waals surface area contributed by atoms with Gasteiger partial charge in [-0.1, -0.05) is 0 Å². The van der Waals surface area contributed by atoms with E-state index >= 15 is 0 Å². The van der Waals surface area contributed by atoms with Crippen molar-refractivity contribution in [3.05, 3.63) is 22.4 Å². The maximum absolute atomic E-state index is 3.82. The monoisotopic (exact) mass is 264 g/mol. The lowest BCUT2D eigenvalue weighted by Crippen LogP contribution is -2.39. The molecule has 3 heteroatoms. The zero-order valence-electron chi connectivity index (χ0n) is 11.4. The van der Waals surface area contributed by atoms with Crippen LogP contribution in [0.1, 0.15) is 38.7 Å². The zero-order valence-corrected chi connectivity index (χ0v) is 12.2. The Bertz CT molecular complexity index is 372. The third-order valence-electron chi connectivity index (χ3n) is 4.28. The molecule has 1 aromatic rings. The summed E-state index contributed by atoms with van der Waals surface area (Å²) in [6, 6.07) is 5.24. The molecule has 18 heavy (non-hydrogen) atoms. The fourth-order valence-electron chi connectivity index (χ4n) is 3.32. The molecule has 100 valence electrons. The smallest absolute Gasteiger partial charge is 0.0212 e. The first-order valence-electron chi connectivity index (χ1n) is 7.25. The third kappa shape index (κ3) is 2.95. The van der Waals surface area contributed by atoms with Gasteiger partial charge in [-0.3, -0.25) is 4.90 Å². The molecule has 0 amide bonds. The quantitative estimate of drug-likeness (QED) is 0.880. The number of hydrogen-bond donors (Lipinski definition) is 1. The van der Waals surface area contributed by atoms with Crippen molar-refractivity contribution in [2.24, 2.45) is 0 Å². The highest BCUT2D eigenvalue weighted by Gasteiger charge is 2.38. The third-order valence-corrected chi connectivity index (χ3v) is 5.01. The van der Waals surface area contributed by atoms with Crippen LogP contribution < -0.4 is 5.32 Å². The van der Waals surface area contributed by atoms with E-state index in [1.165, 1.54) is 31.4 Å².